The van der Waals surface area contributed by atoms with E-state index in [9.17, 15) is 4.79 Å². The van der Waals surface area contributed by atoms with Gasteiger partial charge in [-0.3, -0.25) is 4.79 Å². The Hall–Kier alpha value is -1.12. The van der Waals surface area contributed by atoms with Gasteiger partial charge in [0.05, 0.1) is 19.1 Å². The average molecular weight is 225 g/mol. The van der Waals surface area contributed by atoms with E-state index in [1.165, 1.54) is 0 Å². The molecule has 1 aliphatic rings. The monoisotopic (exact) mass is 225 g/mol. The van der Waals surface area contributed by atoms with Crippen molar-refractivity contribution >= 4 is 5.91 Å². The Morgan fingerprint density at radius 2 is 2.50 bits per heavy atom. The van der Waals surface area contributed by atoms with Gasteiger partial charge in [0.2, 0.25) is 0 Å². The fraction of sp³-hybridized carbons (Fsp3) is 0.818. The van der Waals surface area contributed by atoms with E-state index in [0.29, 0.717) is 19.6 Å². The normalized spacial score (nSPS) is 23.4. The summed E-state index contributed by atoms with van der Waals surface area (Å²) in [5.41, 5.74) is 0. The van der Waals surface area contributed by atoms with Crippen molar-refractivity contribution in [2.45, 2.75) is 31.9 Å². The van der Waals surface area contributed by atoms with E-state index in [0.717, 1.165) is 13.0 Å². The quantitative estimate of drug-likeness (QED) is 0.738. The third kappa shape index (κ3) is 3.80. The largest absolute Gasteiger partial charge is 0.366 e. The van der Waals surface area contributed by atoms with Gasteiger partial charge in [-0.1, -0.05) is 6.92 Å². The van der Waals surface area contributed by atoms with E-state index in [1.807, 2.05) is 14.0 Å². The zero-order valence-electron chi connectivity index (χ0n) is 9.90. The van der Waals surface area contributed by atoms with Crippen molar-refractivity contribution in [3.63, 3.8) is 0 Å². The van der Waals surface area contributed by atoms with Crippen LogP contribution in [0.3, 0.4) is 0 Å². The first-order valence-electron chi connectivity index (χ1n) is 5.64. The van der Waals surface area contributed by atoms with Gasteiger partial charge in [-0.15, -0.1) is 0 Å². The third-order valence-electron chi connectivity index (χ3n) is 2.74. The molecule has 1 aliphatic heterocycles. The standard InChI is InChI=1S/C11H19N3O2/c1-3-9(4-5-12)13-11(15)10-8-14(2)6-7-16-10/h9-10H,3-4,6-8H2,1-2H3,(H,13,15). The number of nitrogens with zero attached hydrogens (tertiary/aromatic N) is 2. The van der Waals surface area contributed by atoms with Gasteiger partial charge >= 0.3 is 0 Å². The Bertz CT molecular complexity index is 275. The number of likely N-dealkylation sites (N-methyl/N-ethyl adjacent to an activating group) is 1. The van der Waals surface area contributed by atoms with E-state index in [4.69, 9.17) is 10.00 Å². The third-order valence-corrected chi connectivity index (χ3v) is 2.74. The van der Waals surface area contributed by atoms with E-state index < -0.39 is 6.10 Å². The zero-order chi connectivity index (χ0) is 12.0. The van der Waals surface area contributed by atoms with Crippen LogP contribution < -0.4 is 5.32 Å². The minimum Gasteiger partial charge on any atom is -0.366 e. The van der Waals surface area contributed by atoms with Crippen LogP contribution in [0.5, 0.6) is 0 Å². The summed E-state index contributed by atoms with van der Waals surface area (Å²) in [6.45, 7) is 4.02. The van der Waals surface area contributed by atoms with Crippen molar-refractivity contribution in [3.8, 4) is 6.07 Å². The maximum atomic E-state index is 11.8. The van der Waals surface area contributed by atoms with Crippen LogP contribution >= 0.6 is 0 Å². The van der Waals surface area contributed by atoms with Gasteiger partial charge in [-0.2, -0.15) is 5.26 Å². The fourth-order valence-corrected chi connectivity index (χ4v) is 1.64. The van der Waals surface area contributed by atoms with Crippen molar-refractivity contribution < 1.29 is 9.53 Å². The van der Waals surface area contributed by atoms with Gasteiger partial charge in [0.1, 0.15) is 6.10 Å². The molecular weight excluding hydrogens is 206 g/mol. The first kappa shape index (κ1) is 12.9. The highest BCUT2D eigenvalue weighted by Gasteiger charge is 2.25. The van der Waals surface area contributed by atoms with Gasteiger partial charge in [0, 0.05) is 19.1 Å². The van der Waals surface area contributed by atoms with Gasteiger partial charge in [-0.05, 0) is 13.5 Å². The molecule has 2 atom stereocenters. The second-order valence-electron chi connectivity index (χ2n) is 4.10. The summed E-state index contributed by atoms with van der Waals surface area (Å²) in [5.74, 6) is -0.103. The Kier molecular flexibility index (Phi) is 5.23. The summed E-state index contributed by atoms with van der Waals surface area (Å²) in [5, 5.41) is 11.4. The molecule has 0 aromatic heterocycles. The number of nitrogens with one attached hydrogen (secondary N) is 1. The van der Waals surface area contributed by atoms with E-state index in [1.54, 1.807) is 0 Å². The van der Waals surface area contributed by atoms with Gasteiger partial charge in [-0.25, -0.2) is 0 Å². The summed E-state index contributed by atoms with van der Waals surface area (Å²) >= 11 is 0. The van der Waals surface area contributed by atoms with Crippen LogP contribution in [0.2, 0.25) is 0 Å². The number of ether oxygens (including phenoxy) is 1. The van der Waals surface area contributed by atoms with Crippen LogP contribution in [0.15, 0.2) is 0 Å². The Morgan fingerprint density at radius 1 is 1.75 bits per heavy atom. The van der Waals surface area contributed by atoms with Crippen LogP contribution in [0.25, 0.3) is 0 Å². The molecule has 2 unspecified atom stereocenters. The number of carbonyl (C=O) groups is 1. The Balaban J connectivity index is 2.41. The molecule has 1 fully saturated rings. The van der Waals surface area contributed by atoms with E-state index in [2.05, 4.69) is 16.3 Å². The molecule has 5 nitrogen and oxygen atoms in total. The number of carbonyl (C=O) groups excluding carboxylic acids is 1. The van der Waals surface area contributed by atoms with Crippen LogP contribution in [-0.2, 0) is 9.53 Å². The van der Waals surface area contributed by atoms with Crippen molar-refractivity contribution in [2.75, 3.05) is 26.7 Å². The number of hydrogen-bond acceptors (Lipinski definition) is 4. The first-order chi connectivity index (χ1) is 7.67. The second-order valence-corrected chi connectivity index (χ2v) is 4.10. The smallest absolute Gasteiger partial charge is 0.250 e. The molecule has 0 spiro atoms. The highest BCUT2D eigenvalue weighted by molar-refractivity contribution is 5.81. The molecule has 5 heteroatoms. The molecule has 90 valence electrons. The number of morpholine rings is 1. The Morgan fingerprint density at radius 3 is 3.06 bits per heavy atom. The lowest BCUT2D eigenvalue weighted by molar-refractivity contribution is -0.138. The fourth-order valence-electron chi connectivity index (χ4n) is 1.64. The molecule has 1 N–H and O–H groups in total. The van der Waals surface area contributed by atoms with E-state index >= 15 is 0 Å². The first-order valence-corrected chi connectivity index (χ1v) is 5.64. The maximum absolute atomic E-state index is 11.8. The lowest BCUT2D eigenvalue weighted by Gasteiger charge is -2.30. The minimum atomic E-state index is -0.397. The average Bonchev–Trinajstić information content (AvgIpc) is 2.28. The number of amides is 1. The molecular formula is C11H19N3O2. The molecule has 16 heavy (non-hydrogen) atoms. The molecule has 0 aromatic carbocycles. The molecule has 1 saturated heterocycles. The molecule has 0 radical (unpaired) electrons. The summed E-state index contributed by atoms with van der Waals surface area (Å²) in [4.78, 5) is 13.9. The molecule has 0 aromatic rings. The highest BCUT2D eigenvalue weighted by Crippen LogP contribution is 2.05. The van der Waals surface area contributed by atoms with Crippen LogP contribution in [0.4, 0.5) is 0 Å². The molecule has 1 heterocycles. The number of hydrogen-bond donors (Lipinski definition) is 1. The summed E-state index contributed by atoms with van der Waals surface area (Å²) in [6, 6.07) is 2.01. The van der Waals surface area contributed by atoms with E-state index in [-0.39, 0.29) is 11.9 Å². The van der Waals surface area contributed by atoms with Crippen LogP contribution in [0.1, 0.15) is 19.8 Å². The lowest BCUT2D eigenvalue weighted by Crippen LogP contribution is -2.50. The number of nitriles is 1. The van der Waals surface area contributed by atoms with Crippen molar-refractivity contribution in [3.05, 3.63) is 0 Å². The summed E-state index contributed by atoms with van der Waals surface area (Å²) in [6.07, 6.45) is 0.721. The van der Waals surface area contributed by atoms with Crippen molar-refractivity contribution in [1.29, 1.82) is 5.26 Å². The molecule has 0 bridgehead atoms. The van der Waals surface area contributed by atoms with Crippen LogP contribution in [0, 0.1) is 11.3 Å². The lowest BCUT2D eigenvalue weighted by atomic mass is 10.1. The van der Waals surface area contributed by atoms with Crippen molar-refractivity contribution in [1.82, 2.24) is 10.2 Å². The zero-order valence-corrected chi connectivity index (χ0v) is 9.90. The Labute approximate surface area is 96.4 Å². The summed E-state index contributed by atoms with van der Waals surface area (Å²) in [7, 11) is 1.97. The number of rotatable bonds is 4. The maximum Gasteiger partial charge on any atom is 0.250 e. The second kappa shape index (κ2) is 6.46. The predicted octanol–water partition coefficient (Wildman–Crippen LogP) is 0.125. The minimum absolute atomic E-state index is 0.0617. The van der Waals surface area contributed by atoms with Gasteiger partial charge in [0.25, 0.3) is 5.91 Å². The molecule has 1 rings (SSSR count). The van der Waals surface area contributed by atoms with Crippen molar-refractivity contribution in [2.24, 2.45) is 0 Å². The predicted molar refractivity (Wildman–Crippen MR) is 59.7 cm³/mol. The SMILES string of the molecule is CCC(CC#N)NC(=O)C1CN(C)CCO1. The molecule has 0 aliphatic carbocycles. The molecule has 0 saturated carbocycles. The summed E-state index contributed by atoms with van der Waals surface area (Å²) < 4.78 is 5.40. The topological polar surface area (TPSA) is 65.4 Å². The molecule has 1 amide bonds. The van der Waals surface area contributed by atoms with Crippen LogP contribution in [-0.4, -0.2) is 49.7 Å². The van der Waals surface area contributed by atoms with Gasteiger partial charge in [0.15, 0.2) is 0 Å². The van der Waals surface area contributed by atoms with Gasteiger partial charge < -0.3 is 15.0 Å². The highest BCUT2D eigenvalue weighted by atomic mass is 16.5.